The van der Waals surface area contributed by atoms with Crippen molar-refractivity contribution in [1.82, 2.24) is 19.4 Å². The van der Waals surface area contributed by atoms with Crippen molar-refractivity contribution in [1.29, 1.82) is 5.26 Å². The average Bonchev–Trinajstić information content (AvgIpc) is 3.50. The summed E-state index contributed by atoms with van der Waals surface area (Å²) in [5.41, 5.74) is 2.36. The Bertz CT molecular complexity index is 1670. The molecule has 0 aliphatic carbocycles. The van der Waals surface area contributed by atoms with Gasteiger partial charge in [0, 0.05) is 36.3 Å². The Labute approximate surface area is 242 Å². The number of pyridine rings is 1. The van der Waals surface area contributed by atoms with Gasteiger partial charge in [-0.15, -0.1) is 0 Å². The third kappa shape index (κ3) is 5.35. The van der Waals surface area contributed by atoms with Crippen molar-refractivity contribution < 1.29 is 28.2 Å². The van der Waals surface area contributed by atoms with Gasteiger partial charge in [-0.3, -0.25) is 4.90 Å². The minimum atomic E-state index is -1.12. The number of carbonyl (C=O) groups is 1. The molecule has 3 aromatic heterocycles. The van der Waals surface area contributed by atoms with E-state index in [0.29, 0.717) is 35.8 Å². The lowest BCUT2D eigenvalue weighted by atomic mass is 9.70. The summed E-state index contributed by atoms with van der Waals surface area (Å²) in [6.07, 6.45) is 1.91. The van der Waals surface area contributed by atoms with Crippen molar-refractivity contribution in [3.63, 3.8) is 0 Å². The van der Waals surface area contributed by atoms with E-state index in [9.17, 15) is 14.3 Å². The van der Waals surface area contributed by atoms with Gasteiger partial charge in [-0.25, -0.2) is 14.2 Å². The van der Waals surface area contributed by atoms with Crippen LogP contribution >= 0.6 is 0 Å². The number of furan rings is 1. The Morgan fingerprint density at radius 2 is 2.12 bits per heavy atom. The second-order valence-electron chi connectivity index (χ2n) is 11.4. The first-order valence-electron chi connectivity index (χ1n) is 14.1. The molecule has 0 radical (unpaired) electrons. The molecule has 3 atom stereocenters. The number of aromatic carboxylic acids is 1. The molecule has 5 heterocycles. The third-order valence-electron chi connectivity index (χ3n) is 8.72. The molecule has 2 fully saturated rings. The van der Waals surface area contributed by atoms with E-state index in [1.165, 1.54) is 6.07 Å². The number of aromatic nitrogens is 3. The number of carboxylic acids is 1. The van der Waals surface area contributed by atoms with Crippen LogP contribution in [-0.2, 0) is 29.8 Å². The number of hydrogen-bond donors (Lipinski definition) is 1. The van der Waals surface area contributed by atoms with Gasteiger partial charge in [0.15, 0.2) is 0 Å². The van der Waals surface area contributed by atoms with E-state index in [-0.39, 0.29) is 35.4 Å². The Hall–Kier alpha value is -4.27. The molecule has 0 bridgehead atoms. The molecule has 42 heavy (non-hydrogen) atoms. The maximum atomic E-state index is 14.3. The molecule has 1 aromatic carbocycles. The van der Waals surface area contributed by atoms with Gasteiger partial charge in [0.25, 0.3) is 0 Å². The molecule has 218 valence electrons. The predicted octanol–water partition coefficient (Wildman–Crippen LogP) is 4.90. The normalized spacial score (nSPS) is 22.5. The van der Waals surface area contributed by atoms with Crippen LogP contribution < -0.4 is 4.74 Å². The molecule has 2 aliphatic rings. The summed E-state index contributed by atoms with van der Waals surface area (Å²) in [7, 11) is 0. The molecule has 1 unspecified atom stereocenters. The lowest BCUT2D eigenvalue weighted by Gasteiger charge is -2.44. The minimum Gasteiger partial charge on any atom is -0.475 e. The van der Waals surface area contributed by atoms with Gasteiger partial charge in [-0.1, -0.05) is 26.0 Å². The van der Waals surface area contributed by atoms with E-state index >= 15 is 0 Å². The van der Waals surface area contributed by atoms with Crippen LogP contribution in [0.1, 0.15) is 59.9 Å². The second-order valence-corrected chi connectivity index (χ2v) is 11.4. The Balaban J connectivity index is 1.14. The van der Waals surface area contributed by atoms with E-state index in [1.807, 2.05) is 22.8 Å². The van der Waals surface area contributed by atoms with Crippen molar-refractivity contribution in [2.75, 3.05) is 19.7 Å². The number of hydrogen-bond acceptors (Lipinski definition) is 8. The minimum absolute atomic E-state index is 0.0173. The highest BCUT2D eigenvalue weighted by molar-refractivity contribution is 5.89. The first kappa shape index (κ1) is 27.9. The van der Waals surface area contributed by atoms with Gasteiger partial charge in [0.2, 0.25) is 17.4 Å². The number of fused-ring (bicyclic) bond motifs is 1. The summed E-state index contributed by atoms with van der Waals surface area (Å²) >= 11 is 0. The molecule has 4 aromatic rings. The lowest BCUT2D eigenvalue weighted by Crippen LogP contribution is -2.47. The molecule has 6 rings (SSSR count). The number of halogens is 1. The predicted molar refractivity (Wildman–Crippen MR) is 149 cm³/mol. The molecule has 0 spiro atoms. The molecule has 1 N–H and O–H groups in total. The topological polar surface area (TPSA) is 127 Å². The summed E-state index contributed by atoms with van der Waals surface area (Å²) in [5, 5.41) is 18.3. The number of piperidine rings is 1. The molecule has 2 saturated heterocycles. The van der Waals surface area contributed by atoms with E-state index < -0.39 is 11.8 Å². The Morgan fingerprint density at radius 1 is 1.29 bits per heavy atom. The van der Waals surface area contributed by atoms with Gasteiger partial charge in [-0.2, -0.15) is 10.2 Å². The summed E-state index contributed by atoms with van der Waals surface area (Å²) in [5.74, 6) is -0.203. The number of nitriles is 1. The standard InChI is InChI=1S/C31H32FN5O5/c1-19-15-36(17-27-35-29-24(13-25(42-29)30(38)39)37(27)16-22-8-11-40-22)10-9-31(19,2)26-4-3-5-28(34-26)41-18-21-7-6-20(14-33)12-23(21)32/h3-7,12-13,19,22H,8-11,15-18H2,1-2H3,(H,38,39)/t19?,22-,31-/m0/s1. The zero-order valence-corrected chi connectivity index (χ0v) is 23.5. The Morgan fingerprint density at radius 3 is 2.81 bits per heavy atom. The zero-order valence-electron chi connectivity index (χ0n) is 23.5. The fraction of sp³-hybridized carbons (Fsp3) is 0.419. The average molecular weight is 574 g/mol. The monoisotopic (exact) mass is 573 g/mol. The summed E-state index contributed by atoms with van der Waals surface area (Å²) < 4.78 is 33.4. The fourth-order valence-corrected chi connectivity index (χ4v) is 5.76. The molecular formula is C31H32FN5O5. The summed E-state index contributed by atoms with van der Waals surface area (Å²) in [4.78, 5) is 23.3. The van der Waals surface area contributed by atoms with Gasteiger partial charge in [-0.05, 0) is 43.5 Å². The second kappa shape index (κ2) is 11.2. The SMILES string of the molecule is CC1CN(Cc2nc3oc(C(=O)O)cc3n2C[C@@H]2CCO2)CC[C@]1(C)c1cccc(OCc2ccc(C#N)cc2F)n1. The van der Waals surface area contributed by atoms with Gasteiger partial charge in [0.1, 0.15) is 23.8 Å². The fourth-order valence-electron chi connectivity index (χ4n) is 5.76. The van der Waals surface area contributed by atoms with Gasteiger partial charge in [0.05, 0.1) is 36.5 Å². The van der Waals surface area contributed by atoms with E-state index in [4.69, 9.17) is 24.1 Å². The first-order chi connectivity index (χ1) is 20.2. The largest absolute Gasteiger partial charge is 0.475 e. The van der Waals surface area contributed by atoms with Crippen molar-refractivity contribution >= 4 is 17.2 Å². The van der Waals surface area contributed by atoms with E-state index in [0.717, 1.165) is 44.1 Å². The number of benzene rings is 1. The van der Waals surface area contributed by atoms with Gasteiger partial charge >= 0.3 is 5.97 Å². The zero-order chi connectivity index (χ0) is 29.4. The number of likely N-dealkylation sites (tertiary alicyclic amines) is 1. The van der Waals surface area contributed by atoms with Crippen LogP contribution in [0.4, 0.5) is 4.39 Å². The summed E-state index contributed by atoms with van der Waals surface area (Å²) in [6.45, 7) is 8.03. The lowest BCUT2D eigenvalue weighted by molar-refractivity contribution is -0.0592. The van der Waals surface area contributed by atoms with Crippen LogP contribution in [0.15, 0.2) is 46.9 Å². The van der Waals surface area contributed by atoms with Gasteiger partial charge < -0.3 is 23.6 Å². The summed E-state index contributed by atoms with van der Waals surface area (Å²) in [6, 6.07) is 13.5. The number of imidazole rings is 1. The van der Waals surface area contributed by atoms with Crippen LogP contribution in [0.5, 0.6) is 5.88 Å². The first-order valence-corrected chi connectivity index (χ1v) is 14.1. The Kier molecular flexibility index (Phi) is 7.43. The number of nitrogens with zero attached hydrogens (tertiary/aromatic N) is 5. The number of ether oxygens (including phenoxy) is 2. The van der Waals surface area contributed by atoms with Crippen molar-refractivity contribution in [3.8, 4) is 11.9 Å². The van der Waals surface area contributed by atoms with Crippen LogP contribution in [-0.4, -0.2) is 56.3 Å². The van der Waals surface area contributed by atoms with Crippen LogP contribution in [0.25, 0.3) is 11.2 Å². The van der Waals surface area contributed by atoms with Crippen LogP contribution in [0.3, 0.4) is 0 Å². The highest BCUT2D eigenvalue weighted by Gasteiger charge is 2.40. The van der Waals surface area contributed by atoms with E-state index in [2.05, 4.69) is 23.7 Å². The third-order valence-corrected chi connectivity index (χ3v) is 8.72. The highest BCUT2D eigenvalue weighted by atomic mass is 19.1. The van der Waals surface area contributed by atoms with Crippen LogP contribution in [0.2, 0.25) is 0 Å². The molecule has 0 saturated carbocycles. The molecule has 2 aliphatic heterocycles. The smallest absolute Gasteiger partial charge is 0.371 e. The molecule has 0 amide bonds. The molecular weight excluding hydrogens is 541 g/mol. The maximum Gasteiger partial charge on any atom is 0.371 e. The highest BCUT2D eigenvalue weighted by Crippen LogP contribution is 2.39. The quantitative estimate of drug-likeness (QED) is 0.297. The molecule has 11 heteroatoms. The van der Waals surface area contributed by atoms with Crippen LogP contribution in [0, 0.1) is 23.1 Å². The van der Waals surface area contributed by atoms with E-state index in [1.54, 1.807) is 24.3 Å². The number of rotatable bonds is 9. The van der Waals surface area contributed by atoms with Crippen molar-refractivity contribution in [3.05, 3.63) is 76.7 Å². The van der Waals surface area contributed by atoms with Crippen molar-refractivity contribution in [2.45, 2.75) is 57.9 Å². The van der Waals surface area contributed by atoms with Crippen molar-refractivity contribution in [2.24, 2.45) is 5.92 Å². The number of carboxylic acid groups (broad SMARTS) is 1. The maximum absolute atomic E-state index is 14.3. The molecule has 10 nitrogen and oxygen atoms in total.